The molecule has 0 spiro atoms. The molecule has 0 saturated carbocycles. The van der Waals surface area contributed by atoms with Gasteiger partial charge in [0, 0.05) is 6.61 Å². The molecule has 2 aliphatic rings. The van der Waals surface area contributed by atoms with E-state index in [4.69, 9.17) is 4.74 Å². The van der Waals surface area contributed by atoms with E-state index < -0.39 is 0 Å². The quantitative estimate of drug-likeness (QED) is 0.626. The van der Waals surface area contributed by atoms with Crippen LogP contribution in [0.4, 0.5) is 0 Å². The van der Waals surface area contributed by atoms with Gasteiger partial charge < -0.3 is 4.74 Å². The summed E-state index contributed by atoms with van der Waals surface area (Å²) >= 11 is 3.88. The molecule has 1 aliphatic heterocycles. The lowest BCUT2D eigenvalue weighted by molar-refractivity contribution is 0.110. The first kappa shape index (κ1) is 15.6. The van der Waals surface area contributed by atoms with Gasteiger partial charge in [0.2, 0.25) is 0 Å². The Balaban J connectivity index is 1.99. The van der Waals surface area contributed by atoms with Crippen LogP contribution in [0.3, 0.4) is 0 Å². The molecule has 21 heavy (non-hydrogen) atoms. The van der Waals surface area contributed by atoms with E-state index in [2.05, 4.69) is 61.8 Å². The number of alkyl halides is 1. The van der Waals surface area contributed by atoms with Gasteiger partial charge in [0.15, 0.2) is 0 Å². The Morgan fingerprint density at radius 2 is 1.76 bits per heavy atom. The zero-order chi connectivity index (χ0) is 15.3. The van der Waals surface area contributed by atoms with Crippen molar-refractivity contribution in [3.05, 3.63) is 34.9 Å². The molecule has 0 bridgehead atoms. The molecule has 1 fully saturated rings. The fraction of sp³-hybridized carbons (Fsp3) is 0.684. The van der Waals surface area contributed by atoms with Crippen molar-refractivity contribution in [1.82, 2.24) is 0 Å². The molecule has 1 saturated heterocycles. The first-order chi connectivity index (χ1) is 9.81. The average molecular weight is 351 g/mol. The molecule has 1 heterocycles. The standard InChI is InChI=1S/C19H27BrO/c1-18(2)9-10-19(3,4)15-12-13(7-8-14(15)18)17(20)16-6-5-11-21-16/h7-8,12,16-17H,5-6,9-11H2,1-4H3. The van der Waals surface area contributed by atoms with Crippen molar-refractivity contribution in [2.24, 2.45) is 0 Å². The molecule has 0 aromatic heterocycles. The van der Waals surface area contributed by atoms with E-state index in [9.17, 15) is 0 Å². The Bertz CT molecular complexity index is 526. The van der Waals surface area contributed by atoms with Gasteiger partial charge in [-0.15, -0.1) is 0 Å². The summed E-state index contributed by atoms with van der Waals surface area (Å²) in [6.07, 6.45) is 5.24. The lowest BCUT2D eigenvalue weighted by Crippen LogP contribution is -2.34. The van der Waals surface area contributed by atoms with Crippen LogP contribution in [0.2, 0.25) is 0 Å². The maximum absolute atomic E-state index is 5.86. The van der Waals surface area contributed by atoms with Crippen molar-refractivity contribution in [2.75, 3.05) is 6.61 Å². The third kappa shape index (κ3) is 2.82. The molecule has 2 unspecified atom stereocenters. The number of rotatable bonds is 2. The Hall–Kier alpha value is -0.340. The monoisotopic (exact) mass is 350 g/mol. The minimum Gasteiger partial charge on any atom is -0.377 e. The molecule has 0 N–H and O–H groups in total. The molecule has 0 amide bonds. The van der Waals surface area contributed by atoms with Gasteiger partial charge in [-0.05, 0) is 53.2 Å². The van der Waals surface area contributed by atoms with E-state index in [-0.39, 0.29) is 5.41 Å². The summed E-state index contributed by atoms with van der Waals surface area (Å²) in [5.74, 6) is 0. The molecule has 1 aliphatic carbocycles. The summed E-state index contributed by atoms with van der Waals surface area (Å²) < 4.78 is 5.86. The normalized spacial score (nSPS) is 28.1. The summed E-state index contributed by atoms with van der Waals surface area (Å²) in [5.41, 5.74) is 5.04. The van der Waals surface area contributed by atoms with Crippen LogP contribution in [0.5, 0.6) is 0 Å². The minimum atomic E-state index is 0.282. The first-order valence-corrected chi connectivity index (χ1v) is 9.13. The van der Waals surface area contributed by atoms with Crippen molar-refractivity contribution in [3.63, 3.8) is 0 Å². The van der Waals surface area contributed by atoms with Gasteiger partial charge in [0.25, 0.3) is 0 Å². The van der Waals surface area contributed by atoms with Crippen LogP contribution in [0.15, 0.2) is 18.2 Å². The lowest BCUT2D eigenvalue weighted by atomic mass is 9.63. The Labute approximate surface area is 137 Å². The molecule has 0 radical (unpaired) electrons. The third-order valence-corrected chi connectivity index (χ3v) is 6.60. The number of benzene rings is 1. The van der Waals surface area contributed by atoms with Crippen LogP contribution >= 0.6 is 15.9 Å². The van der Waals surface area contributed by atoms with Crippen LogP contribution in [0.1, 0.15) is 74.9 Å². The van der Waals surface area contributed by atoms with Gasteiger partial charge in [-0.2, -0.15) is 0 Å². The molecular weight excluding hydrogens is 324 g/mol. The fourth-order valence-corrected chi connectivity index (χ4v) is 4.53. The molecule has 2 heteroatoms. The van der Waals surface area contributed by atoms with E-state index in [1.807, 2.05) is 0 Å². The van der Waals surface area contributed by atoms with Crippen molar-refractivity contribution in [1.29, 1.82) is 0 Å². The Morgan fingerprint density at radius 3 is 2.38 bits per heavy atom. The highest BCUT2D eigenvalue weighted by Crippen LogP contribution is 2.47. The van der Waals surface area contributed by atoms with Crippen molar-refractivity contribution >= 4 is 15.9 Å². The highest BCUT2D eigenvalue weighted by molar-refractivity contribution is 9.09. The Kier molecular flexibility index (Phi) is 3.99. The van der Waals surface area contributed by atoms with Crippen molar-refractivity contribution in [3.8, 4) is 0 Å². The van der Waals surface area contributed by atoms with E-state index in [1.54, 1.807) is 5.56 Å². The highest BCUT2D eigenvalue weighted by atomic mass is 79.9. The molecule has 1 aromatic carbocycles. The summed E-state index contributed by atoms with van der Waals surface area (Å²) in [7, 11) is 0. The molecule has 3 rings (SSSR count). The second kappa shape index (κ2) is 5.38. The maximum Gasteiger partial charge on any atom is 0.0741 e. The molecule has 1 nitrogen and oxygen atoms in total. The summed E-state index contributed by atoms with van der Waals surface area (Å²) in [6.45, 7) is 10.5. The second-order valence-corrected chi connectivity index (χ2v) is 9.01. The highest BCUT2D eigenvalue weighted by Gasteiger charge is 2.37. The van der Waals surface area contributed by atoms with E-state index in [0.717, 1.165) is 6.61 Å². The zero-order valence-electron chi connectivity index (χ0n) is 13.7. The number of halogens is 1. The van der Waals surface area contributed by atoms with Gasteiger partial charge in [0.05, 0.1) is 10.9 Å². The first-order valence-electron chi connectivity index (χ1n) is 8.22. The minimum absolute atomic E-state index is 0.282. The second-order valence-electron chi connectivity index (χ2n) is 8.03. The van der Waals surface area contributed by atoms with E-state index >= 15 is 0 Å². The largest absolute Gasteiger partial charge is 0.377 e. The summed E-state index contributed by atoms with van der Waals surface area (Å²) in [5, 5.41) is 0. The molecule has 2 atom stereocenters. The van der Waals surface area contributed by atoms with Crippen LogP contribution in [0, 0.1) is 0 Å². The maximum atomic E-state index is 5.86. The van der Waals surface area contributed by atoms with E-state index in [0.29, 0.717) is 16.3 Å². The van der Waals surface area contributed by atoms with E-state index in [1.165, 1.54) is 36.8 Å². The zero-order valence-corrected chi connectivity index (χ0v) is 15.3. The third-order valence-electron chi connectivity index (χ3n) is 5.49. The fourth-order valence-electron chi connectivity index (χ4n) is 3.83. The van der Waals surface area contributed by atoms with Crippen molar-refractivity contribution in [2.45, 2.75) is 75.1 Å². The van der Waals surface area contributed by atoms with Crippen LogP contribution in [0.25, 0.3) is 0 Å². The van der Waals surface area contributed by atoms with Gasteiger partial charge in [-0.1, -0.05) is 61.8 Å². The predicted octanol–water partition coefficient (Wildman–Crippen LogP) is 5.65. The number of fused-ring (bicyclic) bond motifs is 1. The Morgan fingerprint density at radius 1 is 1.10 bits per heavy atom. The number of hydrogen-bond donors (Lipinski definition) is 0. The van der Waals surface area contributed by atoms with Crippen LogP contribution in [-0.4, -0.2) is 12.7 Å². The van der Waals surface area contributed by atoms with Crippen molar-refractivity contribution < 1.29 is 4.74 Å². The molecule has 116 valence electrons. The molecule has 1 aromatic rings. The number of hydrogen-bond acceptors (Lipinski definition) is 1. The molecular formula is C19H27BrO. The van der Waals surface area contributed by atoms with Gasteiger partial charge >= 0.3 is 0 Å². The summed E-state index contributed by atoms with van der Waals surface area (Å²) in [4.78, 5) is 0.325. The SMILES string of the molecule is CC1(C)CCC(C)(C)c2cc(C(Br)C3CCCO3)ccc21. The van der Waals surface area contributed by atoms with Crippen LogP contribution < -0.4 is 0 Å². The smallest absolute Gasteiger partial charge is 0.0741 e. The van der Waals surface area contributed by atoms with Gasteiger partial charge in [-0.25, -0.2) is 0 Å². The number of ether oxygens (including phenoxy) is 1. The topological polar surface area (TPSA) is 9.23 Å². The predicted molar refractivity (Wildman–Crippen MR) is 92.4 cm³/mol. The summed E-state index contributed by atoms with van der Waals surface area (Å²) in [6, 6.07) is 7.12. The van der Waals surface area contributed by atoms with Gasteiger partial charge in [-0.3, -0.25) is 0 Å². The lowest BCUT2D eigenvalue weighted by Gasteiger charge is -2.42. The van der Waals surface area contributed by atoms with Crippen LogP contribution in [-0.2, 0) is 15.6 Å². The van der Waals surface area contributed by atoms with Gasteiger partial charge in [0.1, 0.15) is 0 Å². The average Bonchev–Trinajstić information content (AvgIpc) is 2.97.